The Bertz CT molecular complexity index is 2140. The van der Waals surface area contributed by atoms with E-state index in [0.717, 1.165) is 54.6 Å². The topological polar surface area (TPSA) is 76.0 Å². The molecule has 3 aliphatic rings. The molecule has 8 rings (SSSR count). The predicted octanol–water partition coefficient (Wildman–Crippen LogP) is 9.44. The summed E-state index contributed by atoms with van der Waals surface area (Å²) in [5, 5.41) is 12.2. The number of hydrogen-bond acceptors (Lipinski definition) is 4. The first-order valence-corrected chi connectivity index (χ1v) is 17.1. The summed E-state index contributed by atoms with van der Waals surface area (Å²) in [5.74, 6) is 0.00277. The number of aryl methyl sites for hydroxylation is 2. The average molecular weight is 687 g/mol. The number of nitrogens with zero attached hydrogens (tertiary/aromatic N) is 4. The highest BCUT2D eigenvalue weighted by Crippen LogP contribution is 2.49. The summed E-state index contributed by atoms with van der Waals surface area (Å²) in [6, 6.07) is 19.2. The van der Waals surface area contributed by atoms with Gasteiger partial charge in [0, 0.05) is 75.3 Å². The fourth-order valence-electron chi connectivity index (χ4n) is 7.87. The molecule has 3 atom stereocenters. The number of amides is 1. The van der Waals surface area contributed by atoms with E-state index < -0.39 is 5.82 Å². The van der Waals surface area contributed by atoms with Crippen LogP contribution in [0.2, 0.25) is 15.1 Å². The van der Waals surface area contributed by atoms with E-state index in [0.29, 0.717) is 44.2 Å². The molecule has 0 radical (unpaired) electrons. The van der Waals surface area contributed by atoms with E-state index in [1.165, 1.54) is 0 Å². The number of nitriles is 1. The van der Waals surface area contributed by atoms with Crippen molar-refractivity contribution in [2.24, 2.45) is 11.8 Å². The highest BCUT2D eigenvalue weighted by molar-refractivity contribution is 6.43. The number of fused-ring (bicyclic) bond motifs is 5. The predicted molar refractivity (Wildman–Crippen MR) is 186 cm³/mol. The second-order valence-corrected chi connectivity index (χ2v) is 14.3. The van der Waals surface area contributed by atoms with Crippen LogP contribution in [-0.2, 0) is 11.2 Å². The summed E-state index contributed by atoms with van der Waals surface area (Å²) in [6.07, 6.45) is 3.33. The molecule has 6 nitrogen and oxygen atoms in total. The lowest BCUT2D eigenvalue weighted by molar-refractivity contribution is -0.135. The zero-order valence-electron chi connectivity index (χ0n) is 25.7. The summed E-state index contributed by atoms with van der Waals surface area (Å²) in [7, 11) is 0. The van der Waals surface area contributed by atoms with Gasteiger partial charge in [0.25, 0.3) is 0 Å². The van der Waals surface area contributed by atoms with E-state index in [4.69, 9.17) is 39.8 Å². The number of piperidine rings is 1. The van der Waals surface area contributed by atoms with Crippen LogP contribution in [0.25, 0.3) is 32.9 Å². The van der Waals surface area contributed by atoms with Crippen LogP contribution in [0.15, 0.2) is 54.6 Å². The van der Waals surface area contributed by atoms with E-state index >= 15 is 4.39 Å². The number of rotatable bonds is 6. The number of halogens is 4. The smallest absolute Gasteiger partial charge is 0.226 e. The number of pyridine rings is 1. The molecule has 3 fully saturated rings. The molecule has 1 amide bonds. The van der Waals surface area contributed by atoms with Crippen molar-refractivity contribution in [3.05, 3.63) is 92.4 Å². The SMILES string of the molecule is Cc1nc2c(F)c(-c3cccc(Cl)c3Cl)c(CCC#N)cc2c2[nH]c(C3C4CC(CN(c5cccc(Cl)c5)C4)N3C(=O)C3CC3)cc12. The molecule has 10 heteroatoms. The molecule has 238 valence electrons. The molecule has 3 unspecified atom stereocenters. The summed E-state index contributed by atoms with van der Waals surface area (Å²) in [5.41, 5.74) is 5.11. The fraction of sp³-hybridized carbons (Fsp3) is 0.324. The third-order valence-corrected chi connectivity index (χ3v) is 11.2. The Balaban J connectivity index is 1.28. The Kier molecular flexibility index (Phi) is 7.59. The lowest BCUT2D eigenvalue weighted by atomic mass is 9.92. The van der Waals surface area contributed by atoms with Gasteiger partial charge in [0.1, 0.15) is 5.52 Å². The maximum Gasteiger partial charge on any atom is 0.226 e. The third-order valence-electron chi connectivity index (χ3n) is 10.1. The molecule has 2 aromatic heterocycles. The number of nitrogens with one attached hydrogen (secondary N) is 1. The maximum absolute atomic E-state index is 16.7. The summed E-state index contributed by atoms with van der Waals surface area (Å²) < 4.78 is 16.7. The number of carbonyl (C=O) groups is 1. The van der Waals surface area contributed by atoms with Crippen LogP contribution >= 0.6 is 34.8 Å². The Hall–Kier alpha value is -3.83. The maximum atomic E-state index is 16.7. The number of aromatic amines is 1. The average Bonchev–Trinajstić information content (AvgIpc) is 3.76. The minimum atomic E-state index is -0.500. The molecule has 47 heavy (non-hydrogen) atoms. The quantitative estimate of drug-likeness (QED) is 0.193. The van der Waals surface area contributed by atoms with Crippen molar-refractivity contribution >= 4 is 68.2 Å². The number of hydrogen-bond donors (Lipinski definition) is 1. The van der Waals surface area contributed by atoms with Gasteiger partial charge in [-0.25, -0.2) is 9.37 Å². The second kappa shape index (κ2) is 11.7. The number of aromatic nitrogens is 2. The van der Waals surface area contributed by atoms with E-state index in [2.05, 4.69) is 33.0 Å². The number of anilines is 1. The van der Waals surface area contributed by atoms with E-state index in [9.17, 15) is 10.1 Å². The number of H-pyrrole nitrogens is 1. The van der Waals surface area contributed by atoms with Crippen molar-refractivity contribution in [2.45, 2.75) is 51.1 Å². The van der Waals surface area contributed by atoms with E-state index in [1.807, 2.05) is 31.2 Å². The van der Waals surface area contributed by atoms with Crippen molar-refractivity contribution in [3.8, 4) is 17.2 Å². The van der Waals surface area contributed by atoms with Gasteiger partial charge in [-0.2, -0.15) is 5.26 Å². The van der Waals surface area contributed by atoms with Gasteiger partial charge in [0.05, 0.1) is 33.7 Å². The molecule has 4 heterocycles. The first-order valence-electron chi connectivity index (χ1n) is 16.0. The van der Waals surface area contributed by atoms with Crippen molar-refractivity contribution in [2.75, 3.05) is 18.0 Å². The second-order valence-electron chi connectivity index (χ2n) is 13.1. The highest BCUT2D eigenvalue weighted by Gasteiger charge is 2.51. The molecule has 2 aliphatic heterocycles. The standard InChI is InChI=1S/C37H31Cl3FN5O/c1-19-27-16-30(36-22-13-25(46(36)37(47)20-10-11-20)18-45(17-22)24-7-2-6-23(38)15-24)44-34(27)28-14-21(5-4-12-42)31(33(41)35(28)43-19)26-8-3-9-29(39)32(26)40/h2-3,6-9,14-16,20,22,25,36,44H,4-5,10-11,13,17-18H2,1H3. The largest absolute Gasteiger partial charge is 0.369 e. The van der Waals surface area contributed by atoms with Crippen LogP contribution in [0.1, 0.15) is 48.7 Å². The van der Waals surface area contributed by atoms with Crippen LogP contribution < -0.4 is 4.90 Å². The lowest BCUT2D eigenvalue weighted by Gasteiger charge is -2.34. The van der Waals surface area contributed by atoms with Crippen molar-refractivity contribution < 1.29 is 9.18 Å². The first kappa shape index (κ1) is 30.5. The van der Waals surface area contributed by atoms with Gasteiger partial charge in [-0.1, -0.05) is 53.0 Å². The monoisotopic (exact) mass is 685 g/mol. The third kappa shape index (κ3) is 5.13. The van der Waals surface area contributed by atoms with E-state index in [-0.39, 0.29) is 46.8 Å². The molecular formula is C37H31Cl3FN5O. The molecule has 2 saturated heterocycles. The van der Waals surface area contributed by atoms with Crippen LogP contribution in [-0.4, -0.2) is 39.9 Å². The first-order chi connectivity index (χ1) is 22.7. The molecule has 1 N–H and O–H groups in total. The summed E-state index contributed by atoms with van der Waals surface area (Å²) in [6.45, 7) is 3.42. The van der Waals surface area contributed by atoms with E-state index in [1.54, 1.807) is 18.2 Å². The molecule has 1 aliphatic carbocycles. The van der Waals surface area contributed by atoms with Gasteiger partial charge in [-0.3, -0.25) is 4.79 Å². The molecule has 0 spiro atoms. The Morgan fingerprint density at radius 3 is 2.66 bits per heavy atom. The van der Waals surface area contributed by atoms with Gasteiger partial charge in [-0.05, 0) is 74.6 Å². The van der Waals surface area contributed by atoms with Gasteiger partial charge in [0.2, 0.25) is 5.91 Å². The normalized spacial score (nSPS) is 20.7. The molecular weight excluding hydrogens is 656 g/mol. The van der Waals surface area contributed by atoms with Crippen LogP contribution in [0.5, 0.6) is 0 Å². The fourth-order valence-corrected chi connectivity index (χ4v) is 8.45. The minimum absolute atomic E-state index is 0.0771. The lowest BCUT2D eigenvalue weighted by Crippen LogP contribution is -2.44. The Morgan fingerprint density at radius 1 is 1.09 bits per heavy atom. The van der Waals surface area contributed by atoms with Gasteiger partial charge in [-0.15, -0.1) is 0 Å². The summed E-state index contributed by atoms with van der Waals surface area (Å²) in [4.78, 5) is 26.9. The zero-order valence-corrected chi connectivity index (χ0v) is 27.9. The van der Waals surface area contributed by atoms with Crippen LogP contribution in [0, 0.1) is 35.9 Å². The van der Waals surface area contributed by atoms with Crippen LogP contribution in [0.4, 0.5) is 10.1 Å². The number of benzene rings is 3. The van der Waals surface area contributed by atoms with Gasteiger partial charge in [0.15, 0.2) is 5.82 Å². The van der Waals surface area contributed by atoms with Gasteiger partial charge >= 0.3 is 0 Å². The minimum Gasteiger partial charge on any atom is -0.369 e. The Labute approximate surface area is 287 Å². The van der Waals surface area contributed by atoms with Crippen molar-refractivity contribution in [3.63, 3.8) is 0 Å². The highest BCUT2D eigenvalue weighted by atomic mass is 35.5. The zero-order chi connectivity index (χ0) is 32.6. The number of likely N-dealkylation sites (tertiary alicyclic amines) is 1. The van der Waals surface area contributed by atoms with Gasteiger partial charge < -0.3 is 14.8 Å². The molecule has 1 saturated carbocycles. The Morgan fingerprint density at radius 2 is 1.89 bits per heavy atom. The number of carbonyl (C=O) groups excluding carboxylic acids is 1. The van der Waals surface area contributed by atoms with Crippen LogP contribution in [0.3, 0.4) is 0 Å². The summed E-state index contributed by atoms with van der Waals surface area (Å²) >= 11 is 19.3. The molecule has 5 aromatic rings. The van der Waals surface area contributed by atoms with Crippen molar-refractivity contribution in [1.29, 1.82) is 5.26 Å². The molecule has 3 aromatic carbocycles. The molecule has 2 bridgehead atoms. The van der Waals surface area contributed by atoms with Crippen molar-refractivity contribution in [1.82, 2.24) is 14.9 Å².